The lowest BCUT2D eigenvalue weighted by molar-refractivity contribution is -0.129. The van der Waals surface area contributed by atoms with Gasteiger partial charge in [0, 0.05) is 24.6 Å². The van der Waals surface area contributed by atoms with E-state index < -0.39 is 23.7 Å². The summed E-state index contributed by atoms with van der Waals surface area (Å²) < 4.78 is 27.8. The lowest BCUT2D eigenvalue weighted by atomic mass is 9.99. The molecule has 0 bridgehead atoms. The van der Waals surface area contributed by atoms with Gasteiger partial charge < -0.3 is 10.6 Å². The molecule has 2 unspecified atom stereocenters. The number of nitrogens with zero attached hydrogens (tertiary/aromatic N) is 1. The van der Waals surface area contributed by atoms with Crippen molar-refractivity contribution in [1.82, 2.24) is 4.90 Å². The van der Waals surface area contributed by atoms with Gasteiger partial charge in [-0.15, -0.1) is 0 Å². The summed E-state index contributed by atoms with van der Waals surface area (Å²) in [4.78, 5) is 13.4. The molecule has 1 heterocycles. The Kier molecular flexibility index (Phi) is 3.85. The Balaban J connectivity index is 2.42. The second-order valence-electron chi connectivity index (χ2n) is 5.39. The minimum absolute atomic E-state index is 0.0958. The first-order valence-corrected chi connectivity index (χ1v) is 6.40. The molecule has 2 rings (SSSR count). The first-order chi connectivity index (χ1) is 8.91. The fourth-order valence-electron chi connectivity index (χ4n) is 2.59. The predicted molar refractivity (Wildman–Crippen MR) is 68.2 cm³/mol. The zero-order valence-electron chi connectivity index (χ0n) is 11.1. The Hall–Kier alpha value is -1.49. The van der Waals surface area contributed by atoms with Crippen LogP contribution in [-0.4, -0.2) is 23.4 Å². The van der Waals surface area contributed by atoms with Gasteiger partial charge in [0.05, 0.1) is 6.04 Å². The van der Waals surface area contributed by atoms with Crippen molar-refractivity contribution in [2.45, 2.75) is 32.4 Å². The second-order valence-corrected chi connectivity index (χ2v) is 5.39. The average molecular weight is 268 g/mol. The standard InChI is InChI=1S/C14H18F2N2O/c1-8(2)7-18-12(19)6-11(17)14(18)13-9(15)4-3-5-10(13)16/h3-5,8,11,14H,6-7,17H2,1-2H3. The van der Waals surface area contributed by atoms with Crippen molar-refractivity contribution in [3.05, 3.63) is 35.4 Å². The van der Waals surface area contributed by atoms with Gasteiger partial charge >= 0.3 is 0 Å². The third-order valence-corrected chi connectivity index (χ3v) is 3.33. The van der Waals surface area contributed by atoms with Crippen LogP contribution in [0.5, 0.6) is 0 Å². The molecule has 1 aromatic carbocycles. The third kappa shape index (κ3) is 2.61. The number of carbonyl (C=O) groups excluding carboxylic acids is 1. The van der Waals surface area contributed by atoms with Gasteiger partial charge in [-0.05, 0) is 18.1 Å². The molecule has 1 saturated heterocycles. The number of carbonyl (C=O) groups is 1. The van der Waals surface area contributed by atoms with Crippen LogP contribution in [0.4, 0.5) is 8.78 Å². The van der Waals surface area contributed by atoms with Crippen LogP contribution in [0.15, 0.2) is 18.2 Å². The molecule has 2 atom stereocenters. The maximum absolute atomic E-state index is 13.9. The Morgan fingerprint density at radius 3 is 2.47 bits per heavy atom. The van der Waals surface area contributed by atoms with E-state index in [1.165, 1.54) is 23.1 Å². The predicted octanol–water partition coefficient (Wildman–Crippen LogP) is 2.22. The first kappa shape index (κ1) is 13.9. The monoisotopic (exact) mass is 268 g/mol. The summed E-state index contributed by atoms with van der Waals surface area (Å²) in [7, 11) is 0. The molecule has 1 fully saturated rings. The van der Waals surface area contributed by atoms with Gasteiger partial charge in [-0.25, -0.2) is 8.78 Å². The van der Waals surface area contributed by atoms with Gasteiger partial charge in [-0.2, -0.15) is 0 Å². The van der Waals surface area contributed by atoms with Crippen molar-refractivity contribution < 1.29 is 13.6 Å². The summed E-state index contributed by atoms with van der Waals surface area (Å²) >= 11 is 0. The molecule has 0 aromatic heterocycles. The topological polar surface area (TPSA) is 46.3 Å². The summed E-state index contributed by atoms with van der Waals surface area (Å²) in [6.07, 6.45) is 0.130. The molecule has 3 nitrogen and oxygen atoms in total. The summed E-state index contributed by atoms with van der Waals surface area (Å²) in [5.41, 5.74) is 5.81. The number of hydrogen-bond donors (Lipinski definition) is 1. The maximum Gasteiger partial charge on any atom is 0.224 e. The lowest BCUT2D eigenvalue weighted by Crippen LogP contribution is -2.36. The van der Waals surface area contributed by atoms with Gasteiger partial charge in [0.25, 0.3) is 0 Å². The highest BCUT2D eigenvalue weighted by Gasteiger charge is 2.41. The Bertz CT molecular complexity index is 470. The molecule has 1 aromatic rings. The van der Waals surface area contributed by atoms with Crippen LogP contribution in [0.3, 0.4) is 0 Å². The molecule has 104 valence electrons. The summed E-state index contributed by atoms with van der Waals surface area (Å²) in [5.74, 6) is -1.23. The van der Waals surface area contributed by atoms with Crippen molar-refractivity contribution in [3.8, 4) is 0 Å². The Morgan fingerprint density at radius 2 is 1.95 bits per heavy atom. The van der Waals surface area contributed by atoms with Crippen molar-refractivity contribution in [2.24, 2.45) is 11.7 Å². The van der Waals surface area contributed by atoms with Gasteiger partial charge in [-0.1, -0.05) is 19.9 Å². The Morgan fingerprint density at radius 1 is 1.37 bits per heavy atom. The van der Waals surface area contributed by atoms with E-state index in [0.717, 1.165) is 0 Å². The molecule has 1 amide bonds. The van der Waals surface area contributed by atoms with Crippen LogP contribution < -0.4 is 5.73 Å². The molecule has 0 aliphatic carbocycles. The zero-order chi connectivity index (χ0) is 14.2. The number of benzene rings is 1. The highest BCUT2D eigenvalue weighted by molar-refractivity contribution is 5.80. The van der Waals surface area contributed by atoms with E-state index >= 15 is 0 Å². The van der Waals surface area contributed by atoms with Crippen LogP contribution >= 0.6 is 0 Å². The molecule has 0 spiro atoms. The summed E-state index contributed by atoms with van der Waals surface area (Å²) in [5, 5.41) is 0. The van der Waals surface area contributed by atoms with Gasteiger partial charge in [-0.3, -0.25) is 4.79 Å². The second kappa shape index (κ2) is 5.25. The third-order valence-electron chi connectivity index (χ3n) is 3.33. The molecule has 5 heteroatoms. The van der Waals surface area contributed by atoms with E-state index in [1.807, 2.05) is 13.8 Å². The number of halogens is 2. The molecule has 1 aliphatic rings. The quantitative estimate of drug-likeness (QED) is 0.913. The van der Waals surface area contributed by atoms with Crippen LogP contribution in [0.1, 0.15) is 31.9 Å². The van der Waals surface area contributed by atoms with Gasteiger partial charge in [0.1, 0.15) is 11.6 Å². The van der Waals surface area contributed by atoms with Crippen molar-refractivity contribution in [2.75, 3.05) is 6.54 Å². The SMILES string of the molecule is CC(C)CN1C(=O)CC(N)C1c1c(F)cccc1F. The zero-order valence-corrected chi connectivity index (χ0v) is 11.1. The number of rotatable bonds is 3. The van der Waals surface area contributed by atoms with E-state index in [-0.39, 0.29) is 23.8 Å². The number of hydrogen-bond acceptors (Lipinski definition) is 2. The smallest absolute Gasteiger partial charge is 0.224 e. The van der Waals surface area contributed by atoms with Crippen molar-refractivity contribution in [3.63, 3.8) is 0 Å². The maximum atomic E-state index is 13.9. The molecule has 0 saturated carbocycles. The van der Waals surface area contributed by atoms with E-state index in [2.05, 4.69) is 0 Å². The summed E-state index contributed by atoms with van der Waals surface area (Å²) in [6, 6.07) is 2.42. The van der Waals surface area contributed by atoms with Crippen LogP contribution in [-0.2, 0) is 4.79 Å². The molecule has 0 radical (unpaired) electrons. The molecular weight excluding hydrogens is 250 g/mol. The van der Waals surface area contributed by atoms with Crippen molar-refractivity contribution in [1.29, 1.82) is 0 Å². The molecule has 1 aliphatic heterocycles. The molecule has 2 N–H and O–H groups in total. The van der Waals surface area contributed by atoms with E-state index in [4.69, 9.17) is 5.73 Å². The lowest BCUT2D eigenvalue weighted by Gasteiger charge is -2.29. The van der Waals surface area contributed by atoms with Gasteiger partial charge in [0.2, 0.25) is 5.91 Å². The van der Waals surface area contributed by atoms with Gasteiger partial charge in [0.15, 0.2) is 0 Å². The highest BCUT2D eigenvalue weighted by Crippen LogP contribution is 2.35. The number of amides is 1. The fourth-order valence-corrected chi connectivity index (χ4v) is 2.59. The Labute approximate surface area is 111 Å². The molecular formula is C14H18F2N2O. The number of nitrogens with two attached hydrogens (primary N) is 1. The van der Waals surface area contributed by atoms with E-state index in [0.29, 0.717) is 6.54 Å². The fraction of sp³-hybridized carbons (Fsp3) is 0.500. The minimum Gasteiger partial charge on any atom is -0.334 e. The normalized spacial score (nSPS) is 23.5. The minimum atomic E-state index is -0.712. The van der Waals surface area contributed by atoms with E-state index in [1.54, 1.807) is 0 Å². The van der Waals surface area contributed by atoms with Crippen LogP contribution in [0, 0.1) is 17.6 Å². The highest BCUT2D eigenvalue weighted by atomic mass is 19.1. The first-order valence-electron chi connectivity index (χ1n) is 6.40. The van der Waals surface area contributed by atoms with Crippen molar-refractivity contribution >= 4 is 5.91 Å². The summed E-state index contributed by atoms with van der Waals surface area (Å²) in [6.45, 7) is 4.35. The van der Waals surface area contributed by atoms with Crippen LogP contribution in [0.2, 0.25) is 0 Å². The van der Waals surface area contributed by atoms with E-state index in [9.17, 15) is 13.6 Å². The average Bonchev–Trinajstić information content (AvgIpc) is 2.55. The number of likely N-dealkylation sites (tertiary alicyclic amines) is 1. The molecule has 19 heavy (non-hydrogen) atoms. The largest absolute Gasteiger partial charge is 0.334 e. The van der Waals surface area contributed by atoms with Crippen LogP contribution in [0.25, 0.3) is 0 Å².